The quantitative estimate of drug-likeness (QED) is 0.689. The molecule has 2 rings (SSSR count). The summed E-state index contributed by atoms with van der Waals surface area (Å²) in [5, 5.41) is 8.64. The Labute approximate surface area is 142 Å². The summed E-state index contributed by atoms with van der Waals surface area (Å²) in [7, 11) is -3.64. The summed E-state index contributed by atoms with van der Waals surface area (Å²) in [6.45, 7) is 0. The van der Waals surface area contributed by atoms with Gasteiger partial charge in [-0.05, 0) is 71.0 Å². The van der Waals surface area contributed by atoms with Gasteiger partial charge in [0.1, 0.15) is 0 Å². The third-order valence-corrected chi connectivity index (χ3v) is 5.07. The summed E-state index contributed by atoms with van der Waals surface area (Å²) in [4.78, 5) is 10.7. The first-order valence-corrected chi connectivity index (χ1v) is 9.02. The molecule has 0 radical (unpaired) electrons. The lowest BCUT2D eigenvalue weighted by Crippen LogP contribution is -2.12. The van der Waals surface area contributed by atoms with Gasteiger partial charge in [0.2, 0.25) is 0 Å². The van der Waals surface area contributed by atoms with Crippen LogP contribution in [0.2, 0.25) is 0 Å². The number of benzene rings is 2. The van der Waals surface area contributed by atoms with Crippen LogP contribution in [0.25, 0.3) is 0 Å². The Bertz CT molecular complexity index is 755. The van der Waals surface area contributed by atoms with E-state index in [0.29, 0.717) is 12.1 Å². The SMILES string of the molecule is O=C(O)CCc1ccc(S(=O)(=O)Nc2ccc(I)cc2)cc1. The molecule has 116 valence electrons. The van der Waals surface area contributed by atoms with E-state index >= 15 is 0 Å². The second-order valence-corrected chi connectivity index (χ2v) is 7.58. The number of carbonyl (C=O) groups is 1. The first kappa shape index (κ1) is 16.8. The Morgan fingerprint density at radius 3 is 2.18 bits per heavy atom. The smallest absolute Gasteiger partial charge is 0.303 e. The van der Waals surface area contributed by atoms with Crippen LogP contribution >= 0.6 is 22.6 Å². The monoisotopic (exact) mass is 431 g/mol. The number of rotatable bonds is 6. The molecule has 0 aliphatic carbocycles. The summed E-state index contributed by atoms with van der Waals surface area (Å²) in [5.41, 5.74) is 1.28. The molecular formula is C15H14INO4S. The van der Waals surface area contributed by atoms with Crippen LogP contribution in [0, 0.1) is 3.57 Å². The molecule has 0 saturated heterocycles. The summed E-state index contributed by atoms with van der Waals surface area (Å²) in [6, 6.07) is 13.2. The largest absolute Gasteiger partial charge is 0.481 e. The van der Waals surface area contributed by atoms with Gasteiger partial charge in [-0.1, -0.05) is 12.1 Å². The van der Waals surface area contributed by atoms with Gasteiger partial charge in [-0.15, -0.1) is 0 Å². The van der Waals surface area contributed by atoms with Gasteiger partial charge in [0.05, 0.1) is 4.90 Å². The summed E-state index contributed by atoms with van der Waals surface area (Å²) < 4.78 is 28.0. The summed E-state index contributed by atoms with van der Waals surface area (Å²) in [5.74, 6) is -0.878. The Hall–Kier alpha value is -1.61. The van der Waals surface area contributed by atoms with Gasteiger partial charge in [0, 0.05) is 15.7 Å². The zero-order chi connectivity index (χ0) is 16.2. The van der Waals surface area contributed by atoms with Crippen LogP contribution in [-0.4, -0.2) is 19.5 Å². The van der Waals surface area contributed by atoms with Gasteiger partial charge >= 0.3 is 5.97 Å². The lowest BCUT2D eigenvalue weighted by atomic mass is 10.1. The van der Waals surface area contributed by atoms with Crippen molar-refractivity contribution in [3.8, 4) is 0 Å². The van der Waals surface area contributed by atoms with E-state index in [0.717, 1.165) is 9.13 Å². The fourth-order valence-corrected chi connectivity index (χ4v) is 3.24. The minimum absolute atomic E-state index is 0.0208. The average Bonchev–Trinajstić information content (AvgIpc) is 2.48. The van der Waals surface area contributed by atoms with E-state index in [1.165, 1.54) is 12.1 Å². The molecule has 0 amide bonds. The Kier molecular flexibility index (Phi) is 5.41. The van der Waals surface area contributed by atoms with Crippen LogP contribution in [0.1, 0.15) is 12.0 Å². The van der Waals surface area contributed by atoms with Gasteiger partial charge in [-0.25, -0.2) is 8.42 Å². The van der Waals surface area contributed by atoms with Gasteiger partial charge in [0.15, 0.2) is 0 Å². The number of aryl methyl sites for hydroxylation is 1. The predicted molar refractivity (Wildman–Crippen MR) is 92.4 cm³/mol. The lowest BCUT2D eigenvalue weighted by Gasteiger charge is -2.09. The molecule has 0 saturated carbocycles. The van der Waals surface area contributed by atoms with E-state index in [4.69, 9.17) is 5.11 Å². The van der Waals surface area contributed by atoms with E-state index in [1.54, 1.807) is 24.3 Å². The third kappa shape index (κ3) is 4.70. The third-order valence-electron chi connectivity index (χ3n) is 2.96. The second-order valence-electron chi connectivity index (χ2n) is 4.65. The molecule has 0 aromatic heterocycles. The Balaban J connectivity index is 2.12. The van der Waals surface area contributed by atoms with Crippen molar-refractivity contribution in [3.05, 3.63) is 57.7 Å². The fourth-order valence-electron chi connectivity index (χ4n) is 1.82. The minimum Gasteiger partial charge on any atom is -0.481 e. The number of aliphatic carboxylic acids is 1. The highest BCUT2D eigenvalue weighted by Crippen LogP contribution is 2.18. The lowest BCUT2D eigenvalue weighted by molar-refractivity contribution is -0.136. The first-order chi connectivity index (χ1) is 10.4. The van der Waals surface area contributed by atoms with E-state index in [2.05, 4.69) is 27.3 Å². The number of hydrogen-bond acceptors (Lipinski definition) is 3. The van der Waals surface area contributed by atoms with Crippen molar-refractivity contribution in [2.45, 2.75) is 17.7 Å². The van der Waals surface area contributed by atoms with E-state index in [9.17, 15) is 13.2 Å². The van der Waals surface area contributed by atoms with Crippen LogP contribution in [0.4, 0.5) is 5.69 Å². The van der Waals surface area contributed by atoms with E-state index in [-0.39, 0.29) is 11.3 Å². The maximum absolute atomic E-state index is 12.3. The predicted octanol–water partition coefficient (Wildman–Crippen LogP) is 3.11. The van der Waals surface area contributed by atoms with Gasteiger partial charge in [0.25, 0.3) is 10.0 Å². The molecule has 0 aliphatic rings. The van der Waals surface area contributed by atoms with Crippen molar-refractivity contribution in [2.75, 3.05) is 4.72 Å². The Morgan fingerprint density at radius 2 is 1.64 bits per heavy atom. The van der Waals surface area contributed by atoms with Crippen LogP contribution in [0.15, 0.2) is 53.4 Å². The molecule has 0 spiro atoms. The highest BCUT2D eigenvalue weighted by atomic mass is 127. The van der Waals surface area contributed by atoms with Crippen LogP contribution < -0.4 is 4.72 Å². The fraction of sp³-hybridized carbons (Fsp3) is 0.133. The number of halogens is 1. The zero-order valence-corrected chi connectivity index (χ0v) is 14.5. The maximum atomic E-state index is 12.3. The van der Waals surface area contributed by atoms with Crippen LogP contribution in [-0.2, 0) is 21.2 Å². The molecule has 0 atom stereocenters. The standard InChI is InChI=1S/C15H14INO4S/c16-12-4-6-13(7-5-12)17-22(20,21)14-8-1-11(2-9-14)3-10-15(18)19/h1-2,4-9,17H,3,10H2,(H,18,19). The van der Waals surface area contributed by atoms with Gasteiger partial charge < -0.3 is 5.11 Å². The van der Waals surface area contributed by atoms with Crippen molar-refractivity contribution in [2.24, 2.45) is 0 Å². The molecule has 22 heavy (non-hydrogen) atoms. The molecule has 0 fully saturated rings. The topological polar surface area (TPSA) is 83.5 Å². The normalized spacial score (nSPS) is 11.1. The van der Waals surface area contributed by atoms with Gasteiger partial charge in [-0.3, -0.25) is 9.52 Å². The molecule has 2 aromatic rings. The van der Waals surface area contributed by atoms with E-state index in [1.807, 2.05) is 12.1 Å². The molecule has 7 heteroatoms. The first-order valence-electron chi connectivity index (χ1n) is 6.46. The highest BCUT2D eigenvalue weighted by Gasteiger charge is 2.14. The minimum atomic E-state index is -3.64. The molecule has 2 aromatic carbocycles. The number of carboxylic acids is 1. The molecular weight excluding hydrogens is 417 g/mol. The van der Waals surface area contributed by atoms with Crippen molar-refractivity contribution in [1.29, 1.82) is 0 Å². The molecule has 0 bridgehead atoms. The van der Waals surface area contributed by atoms with Crippen molar-refractivity contribution in [3.63, 3.8) is 0 Å². The zero-order valence-electron chi connectivity index (χ0n) is 11.5. The summed E-state index contributed by atoms with van der Waals surface area (Å²) >= 11 is 2.14. The number of anilines is 1. The van der Waals surface area contributed by atoms with Crippen LogP contribution in [0.3, 0.4) is 0 Å². The number of hydrogen-bond donors (Lipinski definition) is 2. The molecule has 2 N–H and O–H groups in total. The molecule has 5 nitrogen and oxygen atoms in total. The average molecular weight is 431 g/mol. The maximum Gasteiger partial charge on any atom is 0.303 e. The molecule has 0 aliphatic heterocycles. The number of nitrogens with one attached hydrogen (secondary N) is 1. The van der Waals surface area contributed by atoms with Crippen molar-refractivity contribution < 1.29 is 18.3 Å². The van der Waals surface area contributed by atoms with Crippen molar-refractivity contribution >= 4 is 44.3 Å². The highest BCUT2D eigenvalue weighted by molar-refractivity contribution is 14.1. The molecule has 0 heterocycles. The van der Waals surface area contributed by atoms with E-state index < -0.39 is 16.0 Å². The Morgan fingerprint density at radius 1 is 1.05 bits per heavy atom. The summed E-state index contributed by atoms with van der Waals surface area (Å²) in [6.07, 6.45) is 0.396. The number of sulfonamides is 1. The second kappa shape index (κ2) is 7.10. The van der Waals surface area contributed by atoms with Gasteiger partial charge in [-0.2, -0.15) is 0 Å². The van der Waals surface area contributed by atoms with Crippen LogP contribution in [0.5, 0.6) is 0 Å². The molecule has 0 unspecified atom stereocenters. The van der Waals surface area contributed by atoms with Crippen molar-refractivity contribution in [1.82, 2.24) is 0 Å². The number of carboxylic acid groups (broad SMARTS) is 1.